The Morgan fingerprint density at radius 1 is 0.815 bits per heavy atom. The fraction of sp³-hybridized carbons (Fsp3) is 0.273. The average Bonchev–Trinajstić information content (AvgIpc) is 2.71. The van der Waals surface area contributed by atoms with E-state index in [1.165, 1.54) is 16.8 Å². The topological polar surface area (TPSA) is 44.3 Å². The van der Waals surface area contributed by atoms with Gasteiger partial charge in [0.15, 0.2) is 0 Å². The molecule has 0 spiro atoms. The zero-order valence-corrected chi connectivity index (χ0v) is 15.9. The van der Waals surface area contributed by atoms with Crippen molar-refractivity contribution >= 4 is 23.1 Å². The van der Waals surface area contributed by atoms with Crippen LogP contribution in [0.3, 0.4) is 0 Å². The van der Waals surface area contributed by atoms with Crippen LogP contribution in [0.4, 0.5) is 23.1 Å². The molecule has 3 aromatic rings. The van der Waals surface area contributed by atoms with Crippen LogP contribution >= 0.6 is 0 Å². The molecule has 5 heteroatoms. The molecule has 1 aliphatic heterocycles. The molecule has 0 saturated carbocycles. The van der Waals surface area contributed by atoms with Crippen LogP contribution in [0.1, 0.15) is 11.1 Å². The van der Waals surface area contributed by atoms with E-state index < -0.39 is 0 Å². The van der Waals surface area contributed by atoms with Gasteiger partial charge in [-0.05, 0) is 49.2 Å². The number of nitrogens with zero attached hydrogens (tertiary/aromatic N) is 4. The van der Waals surface area contributed by atoms with Crippen molar-refractivity contribution in [3.05, 3.63) is 71.9 Å². The van der Waals surface area contributed by atoms with Crippen molar-refractivity contribution in [2.24, 2.45) is 0 Å². The average molecular weight is 359 g/mol. The lowest BCUT2D eigenvalue weighted by atomic mass is 10.1. The predicted octanol–water partition coefficient (Wildman–Crippen LogP) is 4.16. The van der Waals surface area contributed by atoms with Gasteiger partial charge in [-0.15, -0.1) is 0 Å². The van der Waals surface area contributed by atoms with E-state index >= 15 is 0 Å². The number of nitrogens with one attached hydrogen (secondary N) is 1. The summed E-state index contributed by atoms with van der Waals surface area (Å²) < 4.78 is 0. The number of benzene rings is 2. The highest BCUT2D eigenvalue weighted by Crippen LogP contribution is 2.25. The van der Waals surface area contributed by atoms with E-state index in [0.29, 0.717) is 5.95 Å². The number of aromatic nitrogens is 2. The minimum atomic E-state index is 0.635. The lowest BCUT2D eigenvalue weighted by molar-refractivity contribution is 0.646. The smallest absolute Gasteiger partial charge is 0.229 e. The summed E-state index contributed by atoms with van der Waals surface area (Å²) in [6.07, 6.45) is 1.82. The molecule has 27 heavy (non-hydrogen) atoms. The van der Waals surface area contributed by atoms with Crippen LogP contribution in [0.15, 0.2) is 60.8 Å². The van der Waals surface area contributed by atoms with Gasteiger partial charge in [-0.25, -0.2) is 4.98 Å². The summed E-state index contributed by atoms with van der Waals surface area (Å²) in [4.78, 5) is 13.9. The molecule has 1 saturated heterocycles. The normalized spacial score (nSPS) is 14.3. The predicted molar refractivity (Wildman–Crippen MR) is 112 cm³/mol. The maximum Gasteiger partial charge on any atom is 0.229 e. The molecule has 5 nitrogen and oxygen atoms in total. The highest BCUT2D eigenvalue weighted by Gasteiger charge is 2.20. The summed E-state index contributed by atoms with van der Waals surface area (Å²) in [6.45, 7) is 8.29. The molecule has 138 valence electrons. The van der Waals surface area contributed by atoms with Gasteiger partial charge in [0, 0.05) is 43.8 Å². The van der Waals surface area contributed by atoms with Gasteiger partial charge in [-0.1, -0.05) is 30.3 Å². The maximum atomic E-state index is 4.71. The molecular formula is C22H25N5. The summed E-state index contributed by atoms with van der Waals surface area (Å²) in [5.41, 5.74) is 5.07. The van der Waals surface area contributed by atoms with E-state index in [1.54, 1.807) is 0 Å². The van der Waals surface area contributed by atoms with E-state index in [9.17, 15) is 0 Å². The zero-order chi connectivity index (χ0) is 18.6. The molecule has 0 radical (unpaired) electrons. The quantitative estimate of drug-likeness (QED) is 0.758. The molecule has 0 amide bonds. The summed E-state index contributed by atoms with van der Waals surface area (Å²) in [5.74, 6) is 1.61. The minimum absolute atomic E-state index is 0.635. The van der Waals surface area contributed by atoms with Crippen molar-refractivity contribution in [1.82, 2.24) is 9.97 Å². The Labute approximate surface area is 160 Å². The molecule has 0 unspecified atom stereocenters. The molecule has 1 aromatic heterocycles. The molecule has 0 atom stereocenters. The Morgan fingerprint density at radius 3 is 2.33 bits per heavy atom. The van der Waals surface area contributed by atoms with Crippen molar-refractivity contribution < 1.29 is 0 Å². The number of para-hydroxylation sites is 1. The van der Waals surface area contributed by atoms with Gasteiger partial charge in [-0.2, -0.15) is 4.98 Å². The summed E-state index contributed by atoms with van der Waals surface area (Å²) in [6, 6.07) is 18.6. The van der Waals surface area contributed by atoms with Crippen LogP contribution in [0.25, 0.3) is 0 Å². The molecular weight excluding hydrogens is 334 g/mol. The number of hydrogen-bond donors (Lipinski definition) is 1. The van der Waals surface area contributed by atoms with E-state index in [2.05, 4.69) is 52.1 Å². The van der Waals surface area contributed by atoms with Crippen molar-refractivity contribution in [3.63, 3.8) is 0 Å². The first-order valence-corrected chi connectivity index (χ1v) is 9.42. The Balaban J connectivity index is 1.44. The Morgan fingerprint density at radius 2 is 1.56 bits per heavy atom. The first-order chi connectivity index (χ1) is 13.2. The molecule has 0 aliphatic carbocycles. The van der Waals surface area contributed by atoms with Gasteiger partial charge >= 0.3 is 0 Å². The van der Waals surface area contributed by atoms with Crippen molar-refractivity contribution in [3.8, 4) is 0 Å². The second-order valence-electron chi connectivity index (χ2n) is 6.92. The molecule has 1 fully saturated rings. The Hall–Kier alpha value is -3.08. The van der Waals surface area contributed by atoms with Gasteiger partial charge < -0.3 is 15.1 Å². The third kappa shape index (κ3) is 3.87. The number of anilines is 4. The lowest BCUT2D eigenvalue weighted by Gasteiger charge is -2.37. The highest BCUT2D eigenvalue weighted by atomic mass is 15.3. The van der Waals surface area contributed by atoms with Crippen molar-refractivity contribution in [2.75, 3.05) is 41.3 Å². The van der Waals surface area contributed by atoms with Gasteiger partial charge in [0.05, 0.1) is 0 Å². The second-order valence-corrected chi connectivity index (χ2v) is 6.92. The first kappa shape index (κ1) is 17.3. The Bertz CT molecular complexity index is 902. The zero-order valence-electron chi connectivity index (χ0n) is 15.9. The lowest BCUT2D eigenvalue weighted by Crippen LogP contribution is -2.47. The van der Waals surface area contributed by atoms with E-state index in [-0.39, 0.29) is 0 Å². The molecule has 2 aromatic carbocycles. The minimum Gasteiger partial charge on any atom is -0.368 e. The Kier molecular flexibility index (Phi) is 4.92. The third-order valence-corrected chi connectivity index (χ3v) is 5.19. The third-order valence-electron chi connectivity index (χ3n) is 5.19. The number of aryl methyl sites for hydroxylation is 1. The molecule has 2 heterocycles. The largest absolute Gasteiger partial charge is 0.368 e. The SMILES string of the molecule is Cc1cccc(N2CCN(c3ccnc(Nc4ccccc4)n3)CC2)c1C. The number of piperazine rings is 1. The summed E-state index contributed by atoms with van der Waals surface area (Å²) >= 11 is 0. The van der Waals surface area contributed by atoms with Crippen molar-refractivity contribution in [1.29, 1.82) is 0 Å². The van der Waals surface area contributed by atoms with Crippen LogP contribution in [-0.2, 0) is 0 Å². The van der Waals surface area contributed by atoms with Gasteiger partial charge in [-0.3, -0.25) is 0 Å². The molecule has 0 bridgehead atoms. The van der Waals surface area contributed by atoms with Gasteiger partial charge in [0.1, 0.15) is 5.82 Å². The van der Waals surface area contributed by atoms with Gasteiger partial charge in [0.2, 0.25) is 5.95 Å². The van der Waals surface area contributed by atoms with Crippen LogP contribution in [-0.4, -0.2) is 36.1 Å². The second kappa shape index (κ2) is 7.66. The highest BCUT2D eigenvalue weighted by molar-refractivity contribution is 5.58. The van der Waals surface area contributed by atoms with Crippen molar-refractivity contribution in [2.45, 2.75) is 13.8 Å². The molecule has 1 aliphatic rings. The monoisotopic (exact) mass is 359 g/mol. The molecule has 4 rings (SSSR count). The van der Waals surface area contributed by atoms with E-state index in [0.717, 1.165) is 37.7 Å². The molecule has 1 N–H and O–H groups in total. The maximum absolute atomic E-state index is 4.71. The van der Waals surface area contributed by atoms with E-state index in [1.807, 2.05) is 42.6 Å². The fourth-order valence-electron chi connectivity index (χ4n) is 3.49. The van der Waals surface area contributed by atoms with E-state index in [4.69, 9.17) is 4.98 Å². The fourth-order valence-corrected chi connectivity index (χ4v) is 3.49. The van der Waals surface area contributed by atoms with Crippen LogP contribution in [0.5, 0.6) is 0 Å². The van der Waals surface area contributed by atoms with Crippen LogP contribution in [0, 0.1) is 13.8 Å². The number of hydrogen-bond acceptors (Lipinski definition) is 5. The number of rotatable bonds is 4. The van der Waals surface area contributed by atoms with Gasteiger partial charge in [0.25, 0.3) is 0 Å². The summed E-state index contributed by atoms with van der Waals surface area (Å²) in [7, 11) is 0. The van der Waals surface area contributed by atoms with Crippen LogP contribution in [0.2, 0.25) is 0 Å². The standard InChI is InChI=1S/C22H25N5/c1-17-7-6-10-20(18(17)2)26-13-15-27(16-14-26)21-11-12-23-22(25-21)24-19-8-4-3-5-9-19/h3-12H,13-16H2,1-2H3,(H,23,24,25). The summed E-state index contributed by atoms with van der Waals surface area (Å²) in [5, 5.41) is 3.27. The van der Waals surface area contributed by atoms with Crippen LogP contribution < -0.4 is 15.1 Å². The first-order valence-electron chi connectivity index (χ1n) is 9.42.